The number of fused-ring (bicyclic) bond motifs is 2. The highest BCUT2D eigenvalue weighted by Gasteiger charge is 2.57. The molecule has 2 aliphatic rings. The lowest BCUT2D eigenvalue weighted by atomic mass is 9.74. The van der Waals surface area contributed by atoms with Crippen LogP contribution in [-0.4, -0.2) is 34.5 Å². The Balaban J connectivity index is 1.90. The summed E-state index contributed by atoms with van der Waals surface area (Å²) in [7, 11) is 0. The third-order valence-corrected chi connectivity index (χ3v) is 6.85. The van der Waals surface area contributed by atoms with Crippen LogP contribution < -0.4 is 0 Å². The first-order valence-corrected chi connectivity index (χ1v) is 12.4. The van der Waals surface area contributed by atoms with Crippen LogP contribution in [0.15, 0.2) is 59.9 Å². The van der Waals surface area contributed by atoms with E-state index in [0.29, 0.717) is 12.8 Å². The molecular formula is C30H30O6. The maximum absolute atomic E-state index is 13.9. The van der Waals surface area contributed by atoms with Gasteiger partial charge in [0.05, 0.1) is 0 Å². The summed E-state index contributed by atoms with van der Waals surface area (Å²) in [5, 5.41) is 0. The fourth-order valence-corrected chi connectivity index (χ4v) is 4.71. The van der Waals surface area contributed by atoms with E-state index in [2.05, 4.69) is 0 Å². The first-order chi connectivity index (χ1) is 17.1. The van der Waals surface area contributed by atoms with Crippen molar-refractivity contribution in [3.8, 4) is 0 Å². The van der Waals surface area contributed by atoms with Crippen LogP contribution in [0.5, 0.6) is 0 Å². The van der Waals surface area contributed by atoms with E-state index in [0.717, 1.165) is 0 Å². The van der Waals surface area contributed by atoms with Crippen molar-refractivity contribution in [1.82, 2.24) is 0 Å². The quantitative estimate of drug-likeness (QED) is 0.356. The first-order valence-electron chi connectivity index (χ1n) is 12.4. The molecule has 0 saturated carbocycles. The second-order valence-corrected chi connectivity index (χ2v) is 10.3. The molecule has 0 fully saturated rings. The van der Waals surface area contributed by atoms with Crippen LogP contribution in [0.1, 0.15) is 94.8 Å². The van der Waals surface area contributed by atoms with Crippen molar-refractivity contribution in [2.75, 3.05) is 0 Å². The van der Waals surface area contributed by atoms with E-state index in [1.165, 1.54) is 18.2 Å². The van der Waals surface area contributed by atoms with Crippen LogP contribution in [0.4, 0.5) is 0 Å². The molecule has 6 nitrogen and oxygen atoms in total. The molecule has 0 bridgehead atoms. The average Bonchev–Trinajstić information content (AvgIpc) is 2.86. The van der Waals surface area contributed by atoms with Gasteiger partial charge in [0.2, 0.25) is 23.0 Å². The molecule has 0 saturated heterocycles. The number of hydrogen-bond donors (Lipinski definition) is 0. The maximum atomic E-state index is 13.9. The monoisotopic (exact) mass is 486 g/mol. The molecule has 36 heavy (non-hydrogen) atoms. The SMILES string of the molecule is CC(C)CCC1=C(OC2(CCC(C)C)C(=O)C(=O)c3ccccc3C2=O)C(=O)c2ccccc2C1=O. The van der Waals surface area contributed by atoms with E-state index < -0.39 is 28.7 Å². The van der Waals surface area contributed by atoms with E-state index in [-0.39, 0.29) is 64.0 Å². The zero-order valence-corrected chi connectivity index (χ0v) is 21.1. The molecular weight excluding hydrogens is 456 g/mol. The van der Waals surface area contributed by atoms with Crippen molar-refractivity contribution in [2.45, 2.75) is 59.0 Å². The van der Waals surface area contributed by atoms with E-state index in [4.69, 9.17) is 4.74 Å². The van der Waals surface area contributed by atoms with Gasteiger partial charge in [0.15, 0.2) is 11.5 Å². The summed E-state index contributed by atoms with van der Waals surface area (Å²) in [5.41, 5.74) is -1.51. The van der Waals surface area contributed by atoms with Gasteiger partial charge in [-0.25, -0.2) is 0 Å². The summed E-state index contributed by atoms with van der Waals surface area (Å²) in [6.45, 7) is 7.86. The summed E-state index contributed by atoms with van der Waals surface area (Å²) in [6, 6.07) is 12.6. The third kappa shape index (κ3) is 4.25. The number of hydrogen-bond acceptors (Lipinski definition) is 6. The van der Waals surface area contributed by atoms with Crippen LogP contribution in [0, 0.1) is 11.8 Å². The number of rotatable bonds is 8. The fraction of sp³-hybridized carbons (Fsp3) is 0.367. The van der Waals surface area contributed by atoms with Crippen molar-refractivity contribution in [3.05, 3.63) is 82.1 Å². The van der Waals surface area contributed by atoms with Gasteiger partial charge >= 0.3 is 0 Å². The molecule has 2 aliphatic carbocycles. The largest absolute Gasteiger partial charge is 0.466 e. The lowest BCUT2D eigenvalue weighted by Crippen LogP contribution is -2.56. The highest BCUT2D eigenvalue weighted by molar-refractivity contribution is 6.55. The minimum atomic E-state index is -2.20. The van der Waals surface area contributed by atoms with Crippen molar-refractivity contribution in [3.63, 3.8) is 0 Å². The van der Waals surface area contributed by atoms with Gasteiger partial charge in [-0.2, -0.15) is 0 Å². The second kappa shape index (κ2) is 9.76. The first kappa shape index (κ1) is 25.4. The lowest BCUT2D eigenvalue weighted by Gasteiger charge is -2.37. The Morgan fingerprint density at radius 1 is 0.639 bits per heavy atom. The van der Waals surface area contributed by atoms with Crippen LogP contribution >= 0.6 is 0 Å². The predicted molar refractivity (Wildman–Crippen MR) is 134 cm³/mol. The number of Topliss-reactive ketones (excluding diaryl/α,β-unsaturated/α-hetero) is 5. The van der Waals surface area contributed by atoms with E-state index >= 15 is 0 Å². The summed E-state index contributed by atoms with van der Waals surface area (Å²) >= 11 is 0. The normalized spacial score (nSPS) is 19.8. The second-order valence-electron chi connectivity index (χ2n) is 10.3. The molecule has 0 heterocycles. The molecule has 0 aliphatic heterocycles. The Hall–Kier alpha value is -3.67. The minimum absolute atomic E-state index is 0.0293. The maximum Gasteiger partial charge on any atom is 0.254 e. The number of carbonyl (C=O) groups excluding carboxylic acids is 5. The molecule has 0 N–H and O–H groups in total. The van der Waals surface area contributed by atoms with Crippen LogP contribution in [0.25, 0.3) is 0 Å². The zero-order chi connectivity index (χ0) is 26.2. The summed E-state index contributed by atoms with van der Waals surface area (Å²) in [5.74, 6) is -3.36. The Morgan fingerprint density at radius 2 is 1.14 bits per heavy atom. The van der Waals surface area contributed by atoms with Crippen LogP contribution in [-0.2, 0) is 9.53 Å². The molecule has 1 atom stereocenters. The summed E-state index contributed by atoms with van der Waals surface area (Å²) in [6.07, 6.45) is 1.18. The van der Waals surface area contributed by atoms with E-state index in [1.807, 2.05) is 27.7 Å². The molecule has 0 radical (unpaired) electrons. The van der Waals surface area contributed by atoms with Crippen LogP contribution in [0.2, 0.25) is 0 Å². The minimum Gasteiger partial charge on any atom is -0.466 e. The van der Waals surface area contributed by atoms with Gasteiger partial charge in [-0.3, -0.25) is 24.0 Å². The summed E-state index contributed by atoms with van der Waals surface area (Å²) in [4.78, 5) is 67.8. The standard InChI is InChI=1S/C30H30O6/c1-17(2)13-14-23-24(31)19-9-5-6-10-20(19)25(32)27(23)36-30(16-15-18(3)4)28(34)22-12-8-7-11-21(22)26(33)29(30)35/h5-12,17-18H,13-16H2,1-4H3. The van der Waals surface area contributed by atoms with Crippen molar-refractivity contribution in [2.24, 2.45) is 11.8 Å². The Kier molecular flexibility index (Phi) is 6.90. The lowest BCUT2D eigenvalue weighted by molar-refractivity contribution is -0.131. The average molecular weight is 487 g/mol. The predicted octanol–water partition coefficient (Wildman–Crippen LogP) is 5.60. The van der Waals surface area contributed by atoms with E-state index in [9.17, 15) is 24.0 Å². The third-order valence-electron chi connectivity index (χ3n) is 6.85. The molecule has 1 unspecified atom stereocenters. The zero-order valence-electron chi connectivity index (χ0n) is 21.1. The van der Waals surface area contributed by atoms with Gasteiger partial charge in [-0.05, 0) is 31.1 Å². The molecule has 0 spiro atoms. The molecule has 0 amide bonds. The number of carbonyl (C=O) groups is 5. The van der Waals surface area contributed by atoms with Gasteiger partial charge in [0.25, 0.3) is 5.78 Å². The molecule has 6 heteroatoms. The molecule has 4 rings (SSSR count). The molecule has 2 aromatic carbocycles. The Bertz CT molecular complexity index is 1310. The molecule has 186 valence electrons. The highest BCUT2D eigenvalue weighted by Crippen LogP contribution is 2.39. The number of ketones is 5. The van der Waals surface area contributed by atoms with Gasteiger partial charge in [-0.15, -0.1) is 0 Å². The Labute approximate surface area is 210 Å². The number of ether oxygens (including phenoxy) is 1. The van der Waals surface area contributed by atoms with Crippen molar-refractivity contribution >= 4 is 28.9 Å². The van der Waals surface area contributed by atoms with Crippen LogP contribution in [0.3, 0.4) is 0 Å². The van der Waals surface area contributed by atoms with Gasteiger partial charge in [0.1, 0.15) is 0 Å². The topological polar surface area (TPSA) is 94.6 Å². The van der Waals surface area contributed by atoms with Gasteiger partial charge in [0, 0.05) is 34.2 Å². The Morgan fingerprint density at radius 3 is 1.69 bits per heavy atom. The number of benzene rings is 2. The molecule has 2 aromatic rings. The van der Waals surface area contributed by atoms with E-state index in [1.54, 1.807) is 30.3 Å². The van der Waals surface area contributed by atoms with Gasteiger partial charge < -0.3 is 4.74 Å². The summed E-state index contributed by atoms with van der Waals surface area (Å²) < 4.78 is 6.20. The van der Waals surface area contributed by atoms with Crippen molar-refractivity contribution < 1.29 is 28.7 Å². The smallest absolute Gasteiger partial charge is 0.254 e. The fourth-order valence-electron chi connectivity index (χ4n) is 4.71. The van der Waals surface area contributed by atoms with Crippen molar-refractivity contribution in [1.29, 1.82) is 0 Å². The number of allylic oxidation sites excluding steroid dienone is 2. The molecule has 0 aromatic heterocycles. The highest BCUT2D eigenvalue weighted by atomic mass is 16.5. The van der Waals surface area contributed by atoms with Gasteiger partial charge in [-0.1, -0.05) is 76.2 Å².